The molecule has 6 rings (SSSR count). The van der Waals surface area contributed by atoms with Crippen molar-refractivity contribution in [2.45, 2.75) is 45.1 Å². The van der Waals surface area contributed by atoms with Crippen molar-refractivity contribution in [3.63, 3.8) is 0 Å². The number of H-pyrrole nitrogens is 2. The molecule has 12 heteroatoms. The van der Waals surface area contributed by atoms with Gasteiger partial charge in [-0.1, -0.05) is 30.3 Å². The molecule has 1 atom stereocenters. The van der Waals surface area contributed by atoms with Gasteiger partial charge in [0.1, 0.15) is 11.9 Å². The molecule has 44 heavy (non-hydrogen) atoms. The number of nitrogens with zero attached hydrogens (tertiary/aromatic N) is 5. The normalized spacial score (nSPS) is 17.1. The number of primary amides is 1. The third kappa shape index (κ3) is 6.48. The zero-order chi connectivity index (χ0) is 29.9. The summed E-state index contributed by atoms with van der Waals surface area (Å²) in [6.07, 6.45) is 3.54. The molecule has 1 saturated carbocycles. The van der Waals surface area contributed by atoms with E-state index in [9.17, 15) is 9.59 Å². The first-order chi connectivity index (χ1) is 20.9. The number of nitrogens with one attached hydrogen (secondary N) is 2. The molecule has 2 aromatic heterocycles. The summed E-state index contributed by atoms with van der Waals surface area (Å²) in [5.41, 5.74) is 18.2. The number of aromatic nitrogens is 6. The van der Waals surface area contributed by atoms with E-state index in [1.807, 2.05) is 67.6 Å². The number of hydrogen-bond acceptors (Lipinski definition) is 7. The van der Waals surface area contributed by atoms with E-state index in [1.165, 1.54) is 0 Å². The summed E-state index contributed by atoms with van der Waals surface area (Å²) in [7, 11) is 0. The molecule has 1 aliphatic rings. The lowest BCUT2D eigenvalue weighted by Crippen LogP contribution is -2.52. The van der Waals surface area contributed by atoms with Crippen LogP contribution in [0, 0.1) is 18.8 Å². The molecule has 0 spiro atoms. The van der Waals surface area contributed by atoms with E-state index >= 15 is 0 Å². The summed E-state index contributed by atoms with van der Waals surface area (Å²) in [6.45, 7) is 2.56. The SMILES string of the molecule is Cc1nc2ccc(-c3ccc(C[C@@H](C(N)=O)N(C(=O)C4CCC(CN)CC4)c4ccc(-c5nn[nH]n5)cc4)cc3)cc2[nH]1.Cl. The van der Waals surface area contributed by atoms with Crippen molar-refractivity contribution >= 4 is 40.9 Å². The Morgan fingerprint density at radius 1 is 0.955 bits per heavy atom. The highest BCUT2D eigenvalue weighted by Gasteiger charge is 2.36. The van der Waals surface area contributed by atoms with Crippen LogP contribution in [0.15, 0.2) is 66.7 Å². The van der Waals surface area contributed by atoms with Gasteiger partial charge < -0.3 is 16.5 Å². The highest BCUT2D eigenvalue weighted by molar-refractivity contribution is 6.01. The first kappa shape index (κ1) is 30.8. The van der Waals surface area contributed by atoms with E-state index in [1.54, 1.807) is 4.90 Å². The molecule has 1 aliphatic carbocycles. The molecule has 5 aromatic rings. The Hall–Kier alpha value is -4.61. The Bertz CT molecular complexity index is 1710. The lowest BCUT2D eigenvalue weighted by atomic mass is 9.81. The summed E-state index contributed by atoms with van der Waals surface area (Å²) in [5, 5.41) is 14.1. The molecular formula is C32H36ClN9O2. The second-order valence-electron chi connectivity index (χ2n) is 11.3. The van der Waals surface area contributed by atoms with Crippen LogP contribution in [-0.2, 0) is 16.0 Å². The number of benzene rings is 3. The fourth-order valence-electron chi connectivity index (χ4n) is 6.05. The quantitative estimate of drug-likeness (QED) is 0.191. The van der Waals surface area contributed by atoms with Gasteiger partial charge in [0, 0.05) is 23.6 Å². The number of rotatable bonds is 9. The van der Waals surface area contributed by atoms with Crippen LogP contribution >= 0.6 is 12.4 Å². The predicted molar refractivity (Wildman–Crippen MR) is 172 cm³/mol. The third-order valence-electron chi connectivity index (χ3n) is 8.47. The number of imidazole rings is 1. The van der Waals surface area contributed by atoms with Gasteiger partial charge in [-0.3, -0.25) is 14.5 Å². The smallest absolute Gasteiger partial charge is 0.240 e. The van der Waals surface area contributed by atoms with E-state index in [4.69, 9.17) is 11.5 Å². The van der Waals surface area contributed by atoms with Gasteiger partial charge in [0.05, 0.1) is 11.0 Å². The number of amides is 2. The van der Waals surface area contributed by atoms with E-state index in [2.05, 4.69) is 36.7 Å². The second-order valence-corrected chi connectivity index (χ2v) is 11.3. The molecule has 6 N–H and O–H groups in total. The van der Waals surface area contributed by atoms with Gasteiger partial charge in [0.25, 0.3) is 0 Å². The third-order valence-corrected chi connectivity index (χ3v) is 8.47. The molecule has 11 nitrogen and oxygen atoms in total. The number of fused-ring (bicyclic) bond motifs is 1. The van der Waals surface area contributed by atoms with Crippen LogP contribution in [0.2, 0.25) is 0 Å². The summed E-state index contributed by atoms with van der Waals surface area (Å²) >= 11 is 0. The summed E-state index contributed by atoms with van der Waals surface area (Å²) in [4.78, 5) is 36.5. The monoisotopic (exact) mass is 613 g/mol. The van der Waals surface area contributed by atoms with E-state index in [0.29, 0.717) is 24.0 Å². The van der Waals surface area contributed by atoms with Crippen LogP contribution in [0.3, 0.4) is 0 Å². The average molecular weight is 614 g/mol. The van der Waals surface area contributed by atoms with Gasteiger partial charge in [0.2, 0.25) is 17.6 Å². The minimum absolute atomic E-state index is 0. The Kier molecular flexibility index (Phi) is 9.36. The highest BCUT2D eigenvalue weighted by atomic mass is 35.5. The molecule has 0 aliphatic heterocycles. The van der Waals surface area contributed by atoms with Gasteiger partial charge in [-0.15, -0.1) is 22.6 Å². The van der Waals surface area contributed by atoms with E-state index < -0.39 is 11.9 Å². The number of nitrogens with two attached hydrogens (primary N) is 2. The topological polar surface area (TPSA) is 173 Å². The number of tetrazole rings is 1. The molecule has 0 saturated heterocycles. The van der Waals surface area contributed by atoms with Crippen molar-refractivity contribution in [3.05, 3.63) is 78.1 Å². The molecule has 3 aromatic carbocycles. The van der Waals surface area contributed by atoms with Crippen LogP contribution in [0.1, 0.15) is 37.1 Å². The predicted octanol–water partition coefficient (Wildman–Crippen LogP) is 4.33. The Morgan fingerprint density at radius 2 is 1.64 bits per heavy atom. The summed E-state index contributed by atoms with van der Waals surface area (Å²) in [6, 6.07) is 20.5. The van der Waals surface area contributed by atoms with Gasteiger partial charge in [-0.2, -0.15) is 5.21 Å². The number of carbonyl (C=O) groups is 2. The zero-order valence-corrected chi connectivity index (χ0v) is 25.3. The van der Waals surface area contributed by atoms with Crippen molar-refractivity contribution in [1.82, 2.24) is 30.6 Å². The van der Waals surface area contributed by atoms with E-state index in [0.717, 1.165) is 64.8 Å². The van der Waals surface area contributed by atoms with Crippen molar-refractivity contribution in [1.29, 1.82) is 0 Å². The second kappa shape index (κ2) is 13.4. The van der Waals surface area contributed by atoms with Crippen LogP contribution in [0.5, 0.6) is 0 Å². The largest absolute Gasteiger partial charge is 0.368 e. The molecule has 2 heterocycles. The maximum Gasteiger partial charge on any atom is 0.240 e. The number of anilines is 1. The van der Waals surface area contributed by atoms with Gasteiger partial charge in [-0.25, -0.2) is 4.98 Å². The first-order valence-corrected chi connectivity index (χ1v) is 14.6. The lowest BCUT2D eigenvalue weighted by Gasteiger charge is -2.35. The first-order valence-electron chi connectivity index (χ1n) is 14.6. The Labute approximate surface area is 261 Å². The van der Waals surface area contributed by atoms with Gasteiger partial charge in [0.15, 0.2) is 0 Å². The van der Waals surface area contributed by atoms with Gasteiger partial charge >= 0.3 is 0 Å². The number of hydrogen-bond donors (Lipinski definition) is 4. The molecule has 0 radical (unpaired) electrons. The van der Waals surface area contributed by atoms with Crippen LogP contribution in [-0.4, -0.2) is 55.0 Å². The molecule has 2 amide bonds. The molecule has 228 valence electrons. The Balaban J connectivity index is 0.00000384. The molecule has 0 bridgehead atoms. The highest BCUT2D eigenvalue weighted by Crippen LogP contribution is 2.33. The van der Waals surface area contributed by atoms with Crippen molar-refractivity contribution in [2.24, 2.45) is 23.3 Å². The molecule has 0 unspecified atom stereocenters. The standard InChI is InChI=1S/C32H35N9O2.ClH/c1-19-35-27-15-12-25(17-28(27)36-19)22-6-2-20(3-7-22)16-29(30(34)42)41(32(43)24-8-4-21(18-33)5-9-24)26-13-10-23(11-14-26)31-37-39-40-38-31;/h2-3,6-7,10-15,17,21,24,29H,4-5,8-9,16,18,33H2,1H3,(H2,34,42)(H,35,36)(H,37,38,39,40);1H/t21?,24?,29-;/m0./s1. The van der Waals surface area contributed by atoms with Crippen molar-refractivity contribution in [3.8, 4) is 22.5 Å². The van der Waals surface area contributed by atoms with Crippen LogP contribution < -0.4 is 16.4 Å². The van der Waals surface area contributed by atoms with Crippen LogP contribution in [0.4, 0.5) is 5.69 Å². The fourth-order valence-corrected chi connectivity index (χ4v) is 6.05. The Morgan fingerprint density at radius 3 is 2.27 bits per heavy atom. The average Bonchev–Trinajstić information content (AvgIpc) is 3.70. The lowest BCUT2D eigenvalue weighted by molar-refractivity contribution is -0.127. The zero-order valence-electron chi connectivity index (χ0n) is 24.4. The van der Waals surface area contributed by atoms with Crippen LogP contribution in [0.25, 0.3) is 33.5 Å². The number of carbonyl (C=O) groups excluding carboxylic acids is 2. The summed E-state index contributed by atoms with van der Waals surface area (Å²) in [5.74, 6) is 0.885. The minimum Gasteiger partial charge on any atom is -0.368 e. The minimum atomic E-state index is -0.870. The maximum absolute atomic E-state index is 14.1. The number of aromatic amines is 2. The van der Waals surface area contributed by atoms with Crippen molar-refractivity contribution in [2.75, 3.05) is 11.4 Å². The maximum atomic E-state index is 14.1. The van der Waals surface area contributed by atoms with Crippen molar-refractivity contribution < 1.29 is 9.59 Å². The van der Waals surface area contributed by atoms with Gasteiger partial charge in [-0.05, 0) is 103 Å². The van der Waals surface area contributed by atoms with E-state index in [-0.39, 0.29) is 30.7 Å². The number of aryl methyl sites for hydroxylation is 1. The summed E-state index contributed by atoms with van der Waals surface area (Å²) < 4.78 is 0. The molecular weight excluding hydrogens is 578 g/mol. The fraction of sp³-hybridized carbons (Fsp3) is 0.312. The number of halogens is 1. The molecule has 1 fully saturated rings.